The van der Waals surface area contributed by atoms with E-state index in [1.807, 2.05) is 6.20 Å². The van der Waals surface area contributed by atoms with Gasteiger partial charge in [0.15, 0.2) is 0 Å². The molecule has 0 bridgehead atoms. The molecule has 0 aliphatic carbocycles. The maximum atomic E-state index is 4.49. The molecule has 16 heavy (non-hydrogen) atoms. The van der Waals surface area contributed by atoms with Gasteiger partial charge in [-0.05, 0) is 43.9 Å². The molecular formula is C13H19N3. The monoisotopic (exact) mass is 217 g/mol. The van der Waals surface area contributed by atoms with Crippen molar-refractivity contribution in [2.45, 2.75) is 32.2 Å². The SMILES string of the molecule is c1cc(N2CCCCC2)c2c(n1)CNCC2. The summed E-state index contributed by atoms with van der Waals surface area (Å²) >= 11 is 0. The van der Waals surface area contributed by atoms with Crippen molar-refractivity contribution < 1.29 is 0 Å². The molecule has 0 spiro atoms. The number of nitrogens with zero attached hydrogens (tertiary/aromatic N) is 2. The average molecular weight is 217 g/mol. The van der Waals surface area contributed by atoms with Crippen LogP contribution in [0.5, 0.6) is 0 Å². The Morgan fingerprint density at radius 1 is 1.19 bits per heavy atom. The van der Waals surface area contributed by atoms with Gasteiger partial charge in [-0.2, -0.15) is 0 Å². The molecule has 1 N–H and O–H groups in total. The van der Waals surface area contributed by atoms with Crippen LogP contribution in [0.25, 0.3) is 0 Å². The molecule has 0 saturated carbocycles. The van der Waals surface area contributed by atoms with E-state index in [1.165, 1.54) is 49.3 Å². The van der Waals surface area contributed by atoms with Gasteiger partial charge in [0.25, 0.3) is 0 Å². The van der Waals surface area contributed by atoms with Crippen molar-refractivity contribution >= 4 is 5.69 Å². The number of fused-ring (bicyclic) bond motifs is 1. The van der Waals surface area contributed by atoms with Crippen molar-refractivity contribution in [2.24, 2.45) is 0 Å². The average Bonchev–Trinajstić information content (AvgIpc) is 2.39. The molecule has 0 unspecified atom stereocenters. The van der Waals surface area contributed by atoms with Crippen LogP contribution < -0.4 is 10.2 Å². The molecule has 1 aromatic heterocycles. The van der Waals surface area contributed by atoms with E-state index in [0.717, 1.165) is 19.5 Å². The van der Waals surface area contributed by atoms with Crippen LogP contribution in [0, 0.1) is 0 Å². The third kappa shape index (κ3) is 1.80. The van der Waals surface area contributed by atoms with Gasteiger partial charge in [0.2, 0.25) is 0 Å². The van der Waals surface area contributed by atoms with E-state index in [4.69, 9.17) is 0 Å². The Morgan fingerprint density at radius 3 is 2.94 bits per heavy atom. The van der Waals surface area contributed by atoms with E-state index >= 15 is 0 Å². The second-order valence-corrected chi connectivity index (χ2v) is 4.73. The van der Waals surface area contributed by atoms with Gasteiger partial charge in [0.1, 0.15) is 0 Å². The van der Waals surface area contributed by atoms with Gasteiger partial charge in [-0.15, -0.1) is 0 Å². The van der Waals surface area contributed by atoms with E-state index in [0.29, 0.717) is 0 Å². The van der Waals surface area contributed by atoms with E-state index in [9.17, 15) is 0 Å². The summed E-state index contributed by atoms with van der Waals surface area (Å²) < 4.78 is 0. The summed E-state index contributed by atoms with van der Waals surface area (Å²) in [5.74, 6) is 0. The molecule has 0 atom stereocenters. The molecule has 3 nitrogen and oxygen atoms in total. The van der Waals surface area contributed by atoms with Crippen LogP contribution in [0.3, 0.4) is 0 Å². The summed E-state index contributed by atoms with van der Waals surface area (Å²) in [5.41, 5.74) is 4.20. The van der Waals surface area contributed by atoms with Crippen LogP contribution in [0.2, 0.25) is 0 Å². The molecule has 0 aromatic carbocycles. The Kier molecular flexibility index (Phi) is 2.79. The molecule has 3 rings (SSSR count). The van der Waals surface area contributed by atoms with Crippen LogP contribution in [-0.2, 0) is 13.0 Å². The number of piperidine rings is 1. The van der Waals surface area contributed by atoms with Crippen molar-refractivity contribution in [1.29, 1.82) is 0 Å². The molecule has 2 aliphatic rings. The molecule has 1 saturated heterocycles. The Hall–Kier alpha value is -1.09. The second-order valence-electron chi connectivity index (χ2n) is 4.73. The molecule has 1 fully saturated rings. The van der Waals surface area contributed by atoms with Crippen LogP contribution in [0.1, 0.15) is 30.5 Å². The van der Waals surface area contributed by atoms with Gasteiger partial charge in [-0.25, -0.2) is 0 Å². The second kappa shape index (κ2) is 4.42. The van der Waals surface area contributed by atoms with Crippen molar-refractivity contribution in [3.05, 3.63) is 23.5 Å². The quantitative estimate of drug-likeness (QED) is 0.776. The standard InChI is InChI=1S/C13H19N3/c1-2-8-16(9-3-1)13-5-7-15-12-10-14-6-4-11(12)13/h5,7,14H,1-4,6,8-10H2. The zero-order valence-corrected chi connectivity index (χ0v) is 9.71. The first-order chi connectivity index (χ1) is 7.95. The van der Waals surface area contributed by atoms with Gasteiger partial charge >= 0.3 is 0 Å². The van der Waals surface area contributed by atoms with Crippen molar-refractivity contribution in [3.8, 4) is 0 Å². The van der Waals surface area contributed by atoms with Crippen molar-refractivity contribution in [2.75, 3.05) is 24.5 Å². The lowest BCUT2D eigenvalue weighted by Gasteiger charge is -2.32. The summed E-state index contributed by atoms with van der Waals surface area (Å²) in [4.78, 5) is 7.04. The fraction of sp³-hybridized carbons (Fsp3) is 0.615. The first kappa shape index (κ1) is 10.1. The van der Waals surface area contributed by atoms with Crippen molar-refractivity contribution in [3.63, 3.8) is 0 Å². The third-order valence-corrected chi connectivity index (χ3v) is 3.66. The summed E-state index contributed by atoms with van der Waals surface area (Å²) in [6, 6.07) is 2.20. The Balaban J connectivity index is 1.93. The van der Waals surface area contributed by atoms with Crippen LogP contribution in [0.15, 0.2) is 12.3 Å². The lowest BCUT2D eigenvalue weighted by Crippen LogP contribution is -2.33. The maximum absolute atomic E-state index is 4.49. The predicted octanol–water partition coefficient (Wildman–Crippen LogP) is 1.72. The summed E-state index contributed by atoms with van der Waals surface area (Å²) in [6.07, 6.45) is 7.18. The number of aromatic nitrogens is 1. The molecule has 3 heterocycles. The zero-order valence-electron chi connectivity index (χ0n) is 9.71. The molecule has 0 radical (unpaired) electrons. The maximum Gasteiger partial charge on any atom is 0.0594 e. The fourth-order valence-corrected chi connectivity index (χ4v) is 2.80. The van der Waals surface area contributed by atoms with Crippen LogP contribution in [0.4, 0.5) is 5.69 Å². The third-order valence-electron chi connectivity index (χ3n) is 3.66. The molecule has 1 aromatic rings. The normalized spacial score (nSPS) is 20.6. The first-order valence-corrected chi connectivity index (χ1v) is 6.37. The van der Waals surface area contributed by atoms with Gasteiger partial charge in [0, 0.05) is 31.5 Å². The topological polar surface area (TPSA) is 28.2 Å². The van der Waals surface area contributed by atoms with Crippen LogP contribution in [-0.4, -0.2) is 24.6 Å². The number of nitrogens with one attached hydrogen (secondary N) is 1. The first-order valence-electron chi connectivity index (χ1n) is 6.37. The number of hydrogen-bond donors (Lipinski definition) is 1. The largest absolute Gasteiger partial charge is 0.371 e. The summed E-state index contributed by atoms with van der Waals surface area (Å²) in [6.45, 7) is 4.49. The lowest BCUT2D eigenvalue weighted by atomic mass is 10.0. The summed E-state index contributed by atoms with van der Waals surface area (Å²) in [5, 5.41) is 3.39. The van der Waals surface area contributed by atoms with E-state index in [1.54, 1.807) is 0 Å². The minimum Gasteiger partial charge on any atom is -0.371 e. The lowest BCUT2D eigenvalue weighted by molar-refractivity contribution is 0.569. The highest BCUT2D eigenvalue weighted by atomic mass is 15.1. The van der Waals surface area contributed by atoms with E-state index < -0.39 is 0 Å². The fourth-order valence-electron chi connectivity index (χ4n) is 2.80. The minimum absolute atomic E-state index is 0.941. The highest BCUT2D eigenvalue weighted by Gasteiger charge is 2.19. The van der Waals surface area contributed by atoms with Gasteiger partial charge in [0.05, 0.1) is 5.69 Å². The number of rotatable bonds is 1. The molecule has 3 heteroatoms. The smallest absolute Gasteiger partial charge is 0.0594 e. The Labute approximate surface area is 96.9 Å². The number of hydrogen-bond acceptors (Lipinski definition) is 3. The molecular weight excluding hydrogens is 198 g/mol. The molecule has 86 valence electrons. The number of pyridine rings is 1. The minimum atomic E-state index is 0.941. The molecule has 2 aliphatic heterocycles. The predicted molar refractivity (Wildman–Crippen MR) is 65.7 cm³/mol. The van der Waals surface area contributed by atoms with E-state index in [2.05, 4.69) is 21.3 Å². The van der Waals surface area contributed by atoms with Gasteiger partial charge in [-0.1, -0.05) is 0 Å². The molecule has 0 amide bonds. The summed E-state index contributed by atoms with van der Waals surface area (Å²) in [7, 11) is 0. The Bertz CT molecular complexity index is 369. The Morgan fingerprint density at radius 2 is 2.06 bits per heavy atom. The highest BCUT2D eigenvalue weighted by molar-refractivity contribution is 5.55. The highest BCUT2D eigenvalue weighted by Crippen LogP contribution is 2.27. The van der Waals surface area contributed by atoms with Crippen molar-refractivity contribution in [1.82, 2.24) is 10.3 Å². The number of anilines is 1. The van der Waals surface area contributed by atoms with E-state index in [-0.39, 0.29) is 0 Å². The van der Waals surface area contributed by atoms with Gasteiger partial charge in [-0.3, -0.25) is 4.98 Å². The van der Waals surface area contributed by atoms with Crippen LogP contribution >= 0.6 is 0 Å². The zero-order chi connectivity index (χ0) is 10.8. The van der Waals surface area contributed by atoms with Gasteiger partial charge < -0.3 is 10.2 Å².